The fourth-order valence-corrected chi connectivity index (χ4v) is 3.08. The predicted molar refractivity (Wildman–Crippen MR) is 81.8 cm³/mol. The SMILES string of the molecule is CSCC(C)n1c(C(C)Cl)nc2cc(F)c(C)cc21. The minimum atomic E-state index is -0.219. The number of aromatic nitrogens is 2. The fourth-order valence-electron chi connectivity index (χ4n) is 2.30. The Balaban J connectivity index is 2.69. The molecule has 1 aromatic heterocycles. The largest absolute Gasteiger partial charge is 0.323 e. The van der Waals surface area contributed by atoms with Crippen LogP contribution in [0.4, 0.5) is 4.39 Å². The minimum Gasteiger partial charge on any atom is -0.323 e. The van der Waals surface area contributed by atoms with Gasteiger partial charge in [0.05, 0.1) is 16.4 Å². The Morgan fingerprint density at radius 2 is 2.11 bits per heavy atom. The Hall–Kier alpha value is -0.740. The zero-order chi connectivity index (χ0) is 14.2. The zero-order valence-electron chi connectivity index (χ0n) is 11.6. The first-order valence-corrected chi connectivity index (χ1v) is 8.09. The lowest BCUT2D eigenvalue weighted by molar-refractivity contribution is 0.592. The van der Waals surface area contributed by atoms with Crippen molar-refractivity contribution >= 4 is 34.4 Å². The van der Waals surface area contributed by atoms with Gasteiger partial charge in [-0.25, -0.2) is 9.37 Å². The maximum atomic E-state index is 13.7. The van der Waals surface area contributed by atoms with Crippen molar-refractivity contribution in [2.24, 2.45) is 0 Å². The molecule has 104 valence electrons. The molecule has 0 spiro atoms. The van der Waals surface area contributed by atoms with Gasteiger partial charge in [-0.1, -0.05) is 0 Å². The molecule has 0 aliphatic heterocycles. The van der Waals surface area contributed by atoms with Crippen molar-refractivity contribution in [3.63, 3.8) is 0 Å². The van der Waals surface area contributed by atoms with Crippen LogP contribution in [0.15, 0.2) is 12.1 Å². The van der Waals surface area contributed by atoms with E-state index in [1.165, 1.54) is 6.07 Å². The van der Waals surface area contributed by atoms with Crippen molar-refractivity contribution in [3.05, 3.63) is 29.3 Å². The second-order valence-electron chi connectivity index (χ2n) is 4.85. The Kier molecular flexibility index (Phi) is 4.41. The van der Waals surface area contributed by atoms with Crippen molar-refractivity contribution in [1.29, 1.82) is 0 Å². The number of alkyl halides is 1. The number of benzene rings is 1. The van der Waals surface area contributed by atoms with Crippen LogP contribution in [0.2, 0.25) is 0 Å². The monoisotopic (exact) mass is 300 g/mol. The molecule has 1 heterocycles. The smallest absolute Gasteiger partial charge is 0.128 e. The van der Waals surface area contributed by atoms with Crippen LogP contribution in [0.3, 0.4) is 0 Å². The van der Waals surface area contributed by atoms with Gasteiger partial charge in [0.1, 0.15) is 11.6 Å². The number of nitrogens with zero attached hydrogens (tertiary/aromatic N) is 2. The number of thioether (sulfide) groups is 1. The van der Waals surface area contributed by atoms with Gasteiger partial charge in [0.2, 0.25) is 0 Å². The van der Waals surface area contributed by atoms with Gasteiger partial charge >= 0.3 is 0 Å². The van der Waals surface area contributed by atoms with Crippen LogP contribution >= 0.6 is 23.4 Å². The van der Waals surface area contributed by atoms with Crippen LogP contribution < -0.4 is 0 Å². The first-order chi connectivity index (χ1) is 8.95. The highest BCUT2D eigenvalue weighted by Gasteiger charge is 2.19. The summed E-state index contributed by atoms with van der Waals surface area (Å²) in [5.74, 6) is 1.56. The van der Waals surface area contributed by atoms with Gasteiger partial charge in [0.15, 0.2) is 0 Å². The summed E-state index contributed by atoms with van der Waals surface area (Å²) >= 11 is 8.00. The van der Waals surface area contributed by atoms with Crippen LogP contribution in [-0.4, -0.2) is 21.6 Å². The average molecular weight is 301 g/mol. The highest BCUT2D eigenvalue weighted by Crippen LogP contribution is 2.30. The first kappa shape index (κ1) is 14.7. The molecule has 2 unspecified atom stereocenters. The molecule has 0 fully saturated rings. The topological polar surface area (TPSA) is 17.8 Å². The van der Waals surface area contributed by atoms with Gasteiger partial charge in [-0.3, -0.25) is 0 Å². The van der Waals surface area contributed by atoms with Crippen molar-refractivity contribution in [2.75, 3.05) is 12.0 Å². The lowest BCUT2D eigenvalue weighted by Crippen LogP contribution is -2.12. The molecule has 0 aliphatic carbocycles. The van der Waals surface area contributed by atoms with E-state index in [0.29, 0.717) is 11.1 Å². The third-order valence-corrected chi connectivity index (χ3v) is 4.21. The van der Waals surface area contributed by atoms with Gasteiger partial charge in [-0.15, -0.1) is 11.6 Å². The zero-order valence-corrected chi connectivity index (χ0v) is 13.1. The molecule has 0 aliphatic rings. The molecule has 0 radical (unpaired) electrons. The molecule has 19 heavy (non-hydrogen) atoms. The van der Waals surface area contributed by atoms with Crippen LogP contribution in [0, 0.1) is 12.7 Å². The standard InChI is InChI=1S/C14H18ClFN2S/c1-8-5-13-12(6-11(8)16)17-14(10(3)15)18(13)9(2)7-19-4/h5-6,9-10H,7H2,1-4H3. The lowest BCUT2D eigenvalue weighted by Gasteiger charge is -2.17. The van der Waals surface area contributed by atoms with Crippen LogP contribution in [-0.2, 0) is 0 Å². The molecule has 2 aromatic rings. The summed E-state index contributed by atoms with van der Waals surface area (Å²) in [6.07, 6.45) is 2.07. The maximum absolute atomic E-state index is 13.7. The van der Waals surface area contributed by atoms with E-state index in [-0.39, 0.29) is 17.2 Å². The third kappa shape index (κ3) is 2.75. The van der Waals surface area contributed by atoms with Gasteiger partial charge in [0, 0.05) is 17.9 Å². The van der Waals surface area contributed by atoms with Gasteiger partial charge in [-0.2, -0.15) is 11.8 Å². The number of fused-ring (bicyclic) bond motifs is 1. The third-order valence-electron chi connectivity index (χ3n) is 3.20. The molecule has 0 saturated heterocycles. The van der Waals surface area contributed by atoms with Crippen LogP contribution in [0.25, 0.3) is 11.0 Å². The molecule has 2 rings (SSSR count). The summed E-state index contributed by atoms with van der Waals surface area (Å²) in [6, 6.07) is 3.63. The molecule has 0 N–H and O–H groups in total. The lowest BCUT2D eigenvalue weighted by atomic mass is 10.2. The van der Waals surface area contributed by atoms with E-state index in [2.05, 4.69) is 22.7 Å². The number of aryl methyl sites for hydroxylation is 1. The maximum Gasteiger partial charge on any atom is 0.128 e. The molecule has 0 amide bonds. The normalized spacial score (nSPS) is 14.8. The van der Waals surface area contributed by atoms with Gasteiger partial charge in [-0.05, 0) is 38.7 Å². The quantitative estimate of drug-likeness (QED) is 0.761. The predicted octanol–water partition coefficient (Wildman–Crippen LogP) is 4.71. The molecular formula is C14H18ClFN2S. The molecule has 2 atom stereocenters. The van der Waals surface area contributed by atoms with E-state index >= 15 is 0 Å². The molecular weight excluding hydrogens is 283 g/mol. The number of hydrogen-bond donors (Lipinski definition) is 0. The second kappa shape index (κ2) is 5.71. The number of hydrogen-bond acceptors (Lipinski definition) is 2. The second-order valence-corrected chi connectivity index (χ2v) is 6.42. The van der Waals surface area contributed by atoms with E-state index < -0.39 is 0 Å². The van der Waals surface area contributed by atoms with E-state index in [9.17, 15) is 4.39 Å². The number of halogens is 2. The van der Waals surface area contributed by atoms with Crippen molar-refractivity contribution in [1.82, 2.24) is 9.55 Å². The summed E-state index contributed by atoms with van der Waals surface area (Å²) < 4.78 is 15.8. The van der Waals surface area contributed by atoms with Crippen molar-refractivity contribution in [3.8, 4) is 0 Å². The Morgan fingerprint density at radius 1 is 1.42 bits per heavy atom. The Morgan fingerprint density at radius 3 is 2.68 bits per heavy atom. The summed E-state index contributed by atoms with van der Waals surface area (Å²) in [6.45, 7) is 5.81. The molecule has 0 bridgehead atoms. The number of imidazole rings is 1. The van der Waals surface area contributed by atoms with E-state index in [0.717, 1.165) is 17.1 Å². The highest BCUT2D eigenvalue weighted by atomic mass is 35.5. The highest BCUT2D eigenvalue weighted by molar-refractivity contribution is 7.98. The van der Waals surface area contributed by atoms with E-state index in [1.807, 2.05) is 13.0 Å². The fraction of sp³-hybridized carbons (Fsp3) is 0.500. The van der Waals surface area contributed by atoms with Gasteiger partial charge in [0.25, 0.3) is 0 Å². The van der Waals surface area contributed by atoms with Crippen LogP contribution in [0.5, 0.6) is 0 Å². The van der Waals surface area contributed by atoms with Crippen LogP contribution in [0.1, 0.15) is 36.7 Å². The Labute approximate surface area is 122 Å². The Bertz CT molecular complexity index is 595. The van der Waals surface area contributed by atoms with E-state index in [1.54, 1.807) is 18.7 Å². The number of rotatable bonds is 4. The first-order valence-electron chi connectivity index (χ1n) is 6.26. The summed E-state index contributed by atoms with van der Waals surface area (Å²) in [4.78, 5) is 4.50. The molecule has 2 nitrogen and oxygen atoms in total. The molecule has 0 saturated carbocycles. The van der Waals surface area contributed by atoms with Crippen molar-refractivity contribution in [2.45, 2.75) is 32.2 Å². The summed E-state index contributed by atoms with van der Waals surface area (Å²) in [5, 5.41) is -0.194. The summed E-state index contributed by atoms with van der Waals surface area (Å²) in [7, 11) is 0. The minimum absolute atomic E-state index is 0.194. The molecule has 5 heteroatoms. The van der Waals surface area contributed by atoms with Crippen molar-refractivity contribution < 1.29 is 4.39 Å². The average Bonchev–Trinajstić information content (AvgIpc) is 2.69. The summed E-state index contributed by atoms with van der Waals surface area (Å²) in [5.41, 5.74) is 2.28. The van der Waals surface area contributed by atoms with E-state index in [4.69, 9.17) is 11.6 Å². The van der Waals surface area contributed by atoms with Gasteiger partial charge < -0.3 is 4.57 Å². The molecule has 1 aromatic carbocycles.